The summed E-state index contributed by atoms with van der Waals surface area (Å²) >= 11 is 0. The van der Waals surface area contributed by atoms with Crippen molar-refractivity contribution in [2.24, 2.45) is 0 Å². The van der Waals surface area contributed by atoms with Gasteiger partial charge in [-0.05, 0) is 18.6 Å². The number of benzene rings is 1. The van der Waals surface area contributed by atoms with E-state index < -0.39 is 23.3 Å². The quantitative estimate of drug-likeness (QED) is 0.774. The summed E-state index contributed by atoms with van der Waals surface area (Å²) in [7, 11) is 0. The Morgan fingerprint density at radius 3 is 2.33 bits per heavy atom. The molecule has 0 aliphatic heterocycles. The van der Waals surface area contributed by atoms with Gasteiger partial charge in [-0.25, -0.2) is 0 Å². The third-order valence-electron chi connectivity index (χ3n) is 3.21. The number of alkyl halides is 3. The van der Waals surface area contributed by atoms with Crippen LogP contribution in [0, 0.1) is 0 Å². The van der Waals surface area contributed by atoms with Crippen LogP contribution in [0.3, 0.4) is 0 Å². The van der Waals surface area contributed by atoms with Gasteiger partial charge in [0.05, 0.1) is 17.3 Å². The van der Waals surface area contributed by atoms with E-state index in [4.69, 9.17) is 0 Å². The van der Waals surface area contributed by atoms with Crippen LogP contribution in [0.15, 0.2) is 59.9 Å². The lowest BCUT2D eigenvalue weighted by Gasteiger charge is -2.19. The van der Waals surface area contributed by atoms with Crippen LogP contribution in [-0.2, 0) is 6.18 Å². The van der Waals surface area contributed by atoms with Crippen molar-refractivity contribution in [1.82, 2.24) is 4.57 Å². The van der Waals surface area contributed by atoms with Gasteiger partial charge in [0.1, 0.15) is 0 Å². The lowest BCUT2D eigenvalue weighted by Crippen LogP contribution is -2.25. The normalized spacial score (nSPS) is 13.0. The predicted molar refractivity (Wildman–Crippen MR) is 76.0 cm³/mol. The Labute approximate surface area is 120 Å². The van der Waals surface area contributed by atoms with E-state index in [1.165, 1.54) is 10.6 Å². The second kappa shape index (κ2) is 5.60. The Hall–Kier alpha value is -2.30. The molecule has 0 saturated heterocycles. The first kappa shape index (κ1) is 15.1. The molecule has 1 aromatic heterocycles. The highest BCUT2D eigenvalue weighted by atomic mass is 19.4. The van der Waals surface area contributed by atoms with Gasteiger partial charge in [-0.15, -0.1) is 6.58 Å². The monoisotopic (exact) mass is 293 g/mol. The molecule has 0 radical (unpaired) electrons. The van der Waals surface area contributed by atoms with E-state index in [-0.39, 0.29) is 5.69 Å². The summed E-state index contributed by atoms with van der Waals surface area (Å²) in [5.41, 5.74) is -0.868. The Kier molecular flexibility index (Phi) is 4.02. The first-order chi connectivity index (χ1) is 9.84. The Morgan fingerprint density at radius 1 is 1.19 bits per heavy atom. The minimum atomic E-state index is -4.56. The number of rotatable bonds is 3. The third-order valence-corrected chi connectivity index (χ3v) is 3.21. The van der Waals surface area contributed by atoms with Crippen molar-refractivity contribution in [3.63, 3.8) is 0 Å². The van der Waals surface area contributed by atoms with Gasteiger partial charge >= 0.3 is 6.18 Å². The van der Waals surface area contributed by atoms with Crippen LogP contribution in [-0.4, -0.2) is 4.57 Å². The van der Waals surface area contributed by atoms with E-state index in [9.17, 15) is 18.0 Å². The smallest absolute Gasteiger partial charge is 0.302 e. The zero-order valence-corrected chi connectivity index (χ0v) is 11.4. The number of hydrogen-bond donors (Lipinski definition) is 0. The molecule has 1 aromatic carbocycles. The Balaban J connectivity index is 2.78. The van der Waals surface area contributed by atoms with Gasteiger partial charge in [-0.2, -0.15) is 13.2 Å². The van der Waals surface area contributed by atoms with Gasteiger partial charge in [-0.1, -0.05) is 36.4 Å². The molecule has 0 fully saturated rings. The number of pyridine rings is 1. The zero-order valence-electron chi connectivity index (χ0n) is 11.4. The van der Waals surface area contributed by atoms with E-state index in [2.05, 4.69) is 6.58 Å². The Bertz CT molecular complexity index is 702. The molecule has 0 bridgehead atoms. The molecule has 2 rings (SSSR count). The van der Waals surface area contributed by atoms with Crippen LogP contribution in [0.25, 0.3) is 11.3 Å². The molecular formula is C16H14F3NO. The van der Waals surface area contributed by atoms with Gasteiger partial charge < -0.3 is 4.57 Å². The molecular weight excluding hydrogens is 279 g/mol. The fraction of sp³-hybridized carbons (Fsp3) is 0.188. The molecule has 110 valence electrons. The molecule has 0 saturated carbocycles. The fourth-order valence-corrected chi connectivity index (χ4v) is 2.10. The van der Waals surface area contributed by atoms with Crippen molar-refractivity contribution < 1.29 is 13.2 Å². The van der Waals surface area contributed by atoms with Crippen molar-refractivity contribution in [3.05, 3.63) is 71.0 Å². The lowest BCUT2D eigenvalue weighted by molar-refractivity contribution is -0.137. The van der Waals surface area contributed by atoms with Gasteiger partial charge in [0.25, 0.3) is 5.56 Å². The van der Waals surface area contributed by atoms with Gasteiger partial charge in [0.2, 0.25) is 0 Å². The topological polar surface area (TPSA) is 22.0 Å². The van der Waals surface area contributed by atoms with Crippen LogP contribution in [0.4, 0.5) is 13.2 Å². The first-order valence-electron chi connectivity index (χ1n) is 6.36. The van der Waals surface area contributed by atoms with E-state index in [0.717, 1.165) is 6.07 Å². The molecule has 0 N–H and O–H groups in total. The van der Waals surface area contributed by atoms with Gasteiger partial charge in [0.15, 0.2) is 0 Å². The molecule has 1 heterocycles. The minimum Gasteiger partial charge on any atom is -0.302 e. The highest BCUT2D eigenvalue weighted by Crippen LogP contribution is 2.32. The number of nitrogens with zero attached hydrogens (tertiary/aromatic N) is 1. The van der Waals surface area contributed by atoms with E-state index in [1.807, 2.05) is 0 Å². The maximum Gasteiger partial charge on any atom is 0.416 e. The molecule has 2 aromatic rings. The van der Waals surface area contributed by atoms with Crippen LogP contribution in [0.2, 0.25) is 0 Å². The average Bonchev–Trinajstić information content (AvgIpc) is 2.45. The molecule has 0 amide bonds. The number of halogens is 3. The largest absolute Gasteiger partial charge is 0.416 e. The lowest BCUT2D eigenvalue weighted by atomic mass is 10.1. The number of allylic oxidation sites excluding steroid dienone is 1. The van der Waals surface area contributed by atoms with Crippen molar-refractivity contribution in [1.29, 1.82) is 0 Å². The Morgan fingerprint density at radius 2 is 1.81 bits per heavy atom. The summed E-state index contributed by atoms with van der Waals surface area (Å²) < 4.78 is 40.0. The van der Waals surface area contributed by atoms with Crippen molar-refractivity contribution in [2.75, 3.05) is 0 Å². The third kappa shape index (κ3) is 3.07. The standard InChI is InChI=1S/C16H14F3NO/c1-3-11(2)20-14(12-7-5-4-6-8-12)9-13(10-15(20)21)16(17,18)19/h3-11H,1H2,2H3. The predicted octanol–water partition coefficient (Wildman–Crippen LogP) is 4.28. The summed E-state index contributed by atoms with van der Waals surface area (Å²) in [6.45, 7) is 5.30. The molecule has 1 atom stereocenters. The molecule has 21 heavy (non-hydrogen) atoms. The fourth-order valence-electron chi connectivity index (χ4n) is 2.10. The highest BCUT2D eigenvalue weighted by molar-refractivity contribution is 5.60. The van der Waals surface area contributed by atoms with Crippen molar-refractivity contribution in [3.8, 4) is 11.3 Å². The molecule has 1 unspecified atom stereocenters. The SMILES string of the molecule is C=CC(C)n1c(-c2ccccc2)cc(C(F)(F)F)cc1=O. The van der Waals surface area contributed by atoms with Crippen molar-refractivity contribution in [2.45, 2.75) is 19.1 Å². The van der Waals surface area contributed by atoms with Crippen LogP contribution in [0.5, 0.6) is 0 Å². The summed E-state index contributed by atoms with van der Waals surface area (Å²) in [6, 6.07) is 9.73. The first-order valence-corrected chi connectivity index (χ1v) is 6.36. The van der Waals surface area contributed by atoms with Crippen LogP contribution in [0.1, 0.15) is 18.5 Å². The minimum absolute atomic E-state index is 0.225. The number of hydrogen-bond acceptors (Lipinski definition) is 1. The molecule has 2 nitrogen and oxygen atoms in total. The summed E-state index contributed by atoms with van der Waals surface area (Å²) in [6.07, 6.45) is -3.04. The summed E-state index contributed by atoms with van der Waals surface area (Å²) in [5.74, 6) is 0. The number of aromatic nitrogens is 1. The molecule has 0 aliphatic rings. The van der Waals surface area contributed by atoms with Crippen molar-refractivity contribution >= 4 is 0 Å². The summed E-state index contributed by atoms with van der Waals surface area (Å²) in [4.78, 5) is 12.1. The van der Waals surface area contributed by atoms with E-state index >= 15 is 0 Å². The maximum absolute atomic E-state index is 12.9. The van der Waals surface area contributed by atoms with Crippen LogP contribution < -0.4 is 5.56 Å². The molecule has 0 aliphatic carbocycles. The van der Waals surface area contributed by atoms with Gasteiger partial charge in [0, 0.05) is 6.07 Å². The van der Waals surface area contributed by atoms with E-state index in [0.29, 0.717) is 11.6 Å². The van der Waals surface area contributed by atoms with Gasteiger partial charge in [-0.3, -0.25) is 4.79 Å². The second-order valence-electron chi connectivity index (χ2n) is 4.68. The molecule has 0 spiro atoms. The van der Waals surface area contributed by atoms with Crippen LogP contribution >= 0.6 is 0 Å². The second-order valence-corrected chi connectivity index (χ2v) is 4.68. The molecule has 5 heteroatoms. The summed E-state index contributed by atoms with van der Waals surface area (Å²) in [5, 5.41) is 0. The maximum atomic E-state index is 12.9. The average molecular weight is 293 g/mol. The highest BCUT2D eigenvalue weighted by Gasteiger charge is 2.32. The van der Waals surface area contributed by atoms with E-state index in [1.54, 1.807) is 37.3 Å². The zero-order chi connectivity index (χ0) is 15.6.